The molecule has 0 radical (unpaired) electrons. The lowest BCUT2D eigenvalue weighted by Gasteiger charge is -2.32. The van der Waals surface area contributed by atoms with Crippen LogP contribution in [-0.2, 0) is 27.8 Å². The average Bonchev–Trinajstić information content (AvgIpc) is 3.02. The summed E-state index contributed by atoms with van der Waals surface area (Å²) in [6.07, 6.45) is 5.38. The highest BCUT2D eigenvalue weighted by Gasteiger charge is 2.35. The van der Waals surface area contributed by atoms with Gasteiger partial charge >= 0.3 is 0 Å². The molecule has 2 aliphatic rings. The summed E-state index contributed by atoms with van der Waals surface area (Å²) in [6, 6.07) is 6.83. The molecule has 4 rings (SSSR count). The molecule has 1 aromatic heterocycles. The molecule has 1 aliphatic carbocycles. The Morgan fingerprint density at radius 3 is 2.57 bits per heavy atom. The van der Waals surface area contributed by atoms with Crippen LogP contribution in [0.15, 0.2) is 35.4 Å². The van der Waals surface area contributed by atoms with Crippen LogP contribution in [-0.4, -0.2) is 40.8 Å². The maximum absolute atomic E-state index is 13.1. The van der Waals surface area contributed by atoms with Crippen molar-refractivity contribution in [2.24, 2.45) is 0 Å². The summed E-state index contributed by atoms with van der Waals surface area (Å²) < 4.78 is 29.6. The number of nitrogens with one attached hydrogen (secondary N) is 1. The van der Waals surface area contributed by atoms with Gasteiger partial charge in [0.1, 0.15) is 5.82 Å². The van der Waals surface area contributed by atoms with E-state index in [1.54, 1.807) is 24.3 Å². The number of rotatable bonds is 5. The molecule has 1 amide bonds. The monoisotopic (exact) mass is 402 g/mol. The quantitative estimate of drug-likeness (QED) is 0.831. The van der Waals surface area contributed by atoms with Crippen molar-refractivity contribution in [3.8, 4) is 0 Å². The Hall–Kier alpha value is -2.19. The molecule has 8 heteroatoms. The molecule has 0 unspecified atom stereocenters. The molecule has 1 aromatic carbocycles. The molecule has 0 spiro atoms. The largest absolute Gasteiger partial charge is 0.353 e. The molecule has 2 aromatic rings. The number of carbonyl (C=O) groups is 1. The van der Waals surface area contributed by atoms with Crippen molar-refractivity contribution in [1.29, 1.82) is 0 Å². The van der Waals surface area contributed by atoms with Crippen LogP contribution in [0.25, 0.3) is 0 Å². The van der Waals surface area contributed by atoms with Gasteiger partial charge < -0.3 is 9.88 Å². The van der Waals surface area contributed by atoms with Crippen LogP contribution in [0.1, 0.15) is 49.3 Å². The van der Waals surface area contributed by atoms with Crippen LogP contribution in [0, 0.1) is 6.92 Å². The zero-order valence-corrected chi connectivity index (χ0v) is 17.1. The van der Waals surface area contributed by atoms with E-state index in [9.17, 15) is 13.2 Å². The van der Waals surface area contributed by atoms with Crippen LogP contribution in [0.2, 0.25) is 0 Å². The SMILES string of the molecule is Cc1ccc(S(=O)(=O)N2CCn3cc(CC(=O)NC4CCC4)nc3[C@@H]2C)cc1. The minimum Gasteiger partial charge on any atom is -0.353 e. The second kappa shape index (κ2) is 7.33. The first kappa shape index (κ1) is 19.1. The zero-order chi connectivity index (χ0) is 19.9. The summed E-state index contributed by atoms with van der Waals surface area (Å²) >= 11 is 0. The Bertz CT molecular complexity index is 977. The Labute approximate surface area is 165 Å². The van der Waals surface area contributed by atoms with Gasteiger partial charge in [-0.2, -0.15) is 4.31 Å². The Morgan fingerprint density at radius 2 is 1.93 bits per heavy atom. The van der Waals surface area contributed by atoms with E-state index in [1.807, 2.05) is 24.6 Å². The fourth-order valence-corrected chi connectivity index (χ4v) is 5.37. The van der Waals surface area contributed by atoms with Crippen molar-refractivity contribution in [1.82, 2.24) is 19.2 Å². The summed E-state index contributed by atoms with van der Waals surface area (Å²) in [5.74, 6) is 0.672. The van der Waals surface area contributed by atoms with Gasteiger partial charge in [-0.05, 0) is 45.2 Å². The lowest BCUT2D eigenvalue weighted by Crippen LogP contribution is -2.41. The molecular weight excluding hydrogens is 376 g/mol. The van der Waals surface area contributed by atoms with E-state index in [4.69, 9.17) is 0 Å². The number of aromatic nitrogens is 2. The molecule has 1 saturated carbocycles. The maximum Gasteiger partial charge on any atom is 0.243 e. The maximum atomic E-state index is 13.1. The molecule has 0 bridgehead atoms. The number of benzene rings is 1. The van der Waals surface area contributed by atoms with Gasteiger partial charge in [-0.1, -0.05) is 17.7 Å². The van der Waals surface area contributed by atoms with Crippen LogP contribution < -0.4 is 5.32 Å². The number of nitrogens with zero attached hydrogens (tertiary/aromatic N) is 3. The second-order valence-electron chi connectivity index (χ2n) is 7.76. The molecule has 150 valence electrons. The topological polar surface area (TPSA) is 84.3 Å². The predicted molar refractivity (Wildman–Crippen MR) is 105 cm³/mol. The molecule has 7 nitrogen and oxygen atoms in total. The molecule has 0 saturated heterocycles. The summed E-state index contributed by atoms with van der Waals surface area (Å²) in [7, 11) is -3.60. The number of amides is 1. The first-order valence-corrected chi connectivity index (χ1v) is 11.2. The number of sulfonamides is 1. The number of hydrogen-bond acceptors (Lipinski definition) is 4. The van der Waals surface area contributed by atoms with Crippen LogP contribution in [0.3, 0.4) is 0 Å². The van der Waals surface area contributed by atoms with Crippen molar-refractivity contribution in [2.75, 3.05) is 6.54 Å². The summed E-state index contributed by atoms with van der Waals surface area (Å²) in [5, 5.41) is 3.02. The van der Waals surface area contributed by atoms with E-state index < -0.39 is 10.0 Å². The van der Waals surface area contributed by atoms with Crippen LogP contribution in [0.4, 0.5) is 0 Å². The Kier molecular flexibility index (Phi) is 5.01. The van der Waals surface area contributed by atoms with E-state index in [1.165, 1.54) is 10.7 Å². The smallest absolute Gasteiger partial charge is 0.243 e. The van der Waals surface area contributed by atoms with E-state index in [2.05, 4.69) is 10.3 Å². The highest BCUT2D eigenvalue weighted by Crippen LogP contribution is 2.30. The highest BCUT2D eigenvalue weighted by atomic mass is 32.2. The molecular formula is C20H26N4O3S. The van der Waals surface area contributed by atoms with Gasteiger partial charge in [0.05, 0.1) is 23.1 Å². The standard InChI is InChI=1S/C20H26N4O3S/c1-14-6-8-18(9-7-14)28(26,27)24-11-10-23-13-17(22-20(23)15(24)2)12-19(25)21-16-4-3-5-16/h6-9,13,15-16H,3-5,10-12H2,1-2H3,(H,21,25)/t15-/m0/s1. The van der Waals surface area contributed by atoms with Gasteiger partial charge in [0.25, 0.3) is 0 Å². The van der Waals surface area contributed by atoms with Crippen molar-refractivity contribution < 1.29 is 13.2 Å². The van der Waals surface area contributed by atoms with E-state index in [0.717, 1.165) is 18.4 Å². The molecule has 2 heterocycles. The van der Waals surface area contributed by atoms with Crippen LogP contribution in [0.5, 0.6) is 0 Å². The van der Waals surface area contributed by atoms with Crippen molar-refractivity contribution >= 4 is 15.9 Å². The van der Waals surface area contributed by atoms with Crippen molar-refractivity contribution in [2.45, 2.75) is 63.1 Å². The predicted octanol–water partition coefficient (Wildman–Crippen LogP) is 2.17. The molecule has 1 atom stereocenters. The lowest BCUT2D eigenvalue weighted by atomic mass is 9.93. The summed E-state index contributed by atoms with van der Waals surface area (Å²) in [6.45, 7) is 4.69. The Balaban J connectivity index is 1.51. The fraction of sp³-hybridized carbons (Fsp3) is 0.500. The van der Waals surface area contributed by atoms with Gasteiger partial charge in [0, 0.05) is 25.3 Å². The number of carbonyl (C=O) groups excluding carboxylic acids is 1. The first-order chi connectivity index (χ1) is 13.3. The minimum atomic E-state index is -3.60. The number of fused-ring (bicyclic) bond motifs is 1. The number of aryl methyl sites for hydroxylation is 1. The fourth-order valence-electron chi connectivity index (χ4n) is 3.78. The molecule has 28 heavy (non-hydrogen) atoms. The van der Waals surface area contributed by atoms with E-state index in [-0.39, 0.29) is 18.4 Å². The van der Waals surface area contributed by atoms with Gasteiger partial charge in [0.2, 0.25) is 15.9 Å². The minimum absolute atomic E-state index is 0.0167. The third-order valence-corrected chi connectivity index (χ3v) is 7.65. The lowest BCUT2D eigenvalue weighted by molar-refractivity contribution is -0.121. The van der Waals surface area contributed by atoms with Crippen LogP contribution >= 0.6 is 0 Å². The normalized spacial score (nSPS) is 20.4. The third kappa shape index (κ3) is 3.58. The zero-order valence-electron chi connectivity index (χ0n) is 16.3. The molecule has 1 fully saturated rings. The highest BCUT2D eigenvalue weighted by molar-refractivity contribution is 7.89. The molecule has 1 N–H and O–H groups in total. The second-order valence-corrected chi connectivity index (χ2v) is 9.65. The number of imidazole rings is 1. The first-order valence-electron chi connectivity index (χ1n) is 9.78. The third-order valence-electron chi connectivity index (χ3n) is 5.66. The van der Waals surface area contributed by atoms with Gasteiger partial charge in [-0.15, -0.1) is 0 Å². The van der Waals surface area contributed by atoms with Gasteiger partial charge in [-0.3, -0.25) is 4.79 Å². The molecule has 1 aliphatic heterocycles. The van der Waals surface area contributed by atoms with E-state index >= 15 is 0 Å². The summed E-state index contributed by atoms with van der Waals surface area (Å²) in [4.78, 5) is 17.1. The van der Waals surface area contributed by atoms with Crippen molar-refractivity contribution in [3.05, 3.63) is 47.5 Å². The van der Waals surface area contributed by atoms with Crippen molar-refractivity contribution in [3.63, 3.8) is 0 Å². The average molecular weight is 403 g/mol. The van der Waals surface area contributed by atoms with E-state index in [0.29, 0.717) is 35.5 Å². The Morgan fingerprint density at radius 1 is 1.21 bits per heavy atom. The van der Waals surface area contributed by atoms with Gasteiger partial charge in [0.15, 0.2) is 0 Å². The van der Waals surface area contributed by atoms with Gasteiger partial charge in [-0.25, -0.2) is 13.4 Å². The summed E-state index contributed by atoms with van der Waals surface area (Å²) in [5.41, 5.74) is 1.71. The number of hydrogen-bond donors (Lipinski definition) is 1.